The molecule has 2 N–H and O–H groups in total. The molecule has 4 rings (SSSR count). The van der Waals surface area contributed by atoms with Gasteiger partial charge in [-0.3, -0.25) is 4.90 Å². The summed E-state index contributed by atoms with van der Waals surface area (Å²) in [6.45, 7) is 0.830. The Hall–Kier alpha value is -1.39. The van der Waals surface area contributed by atoms with Crippen LogP contribution in [-0.2, 0) is 6.54 Å². The van der Waals surface area contributed by atoms with Gasteiger partial charge in [0.15, 0.2) is 5.58 Å². The number of para-hydroxylation sites is 2. The van der Waals surface area contributed by atoms with Gasteiger partial charge in [-0.1, -0.05) is 12.1 Å². The molecule has 4 heteroatoms. The maximum atomic E-state index is 6.11. The fourth-order valence-corrected chi connectivity index (χ4v) is 3.72. The molecule has 0 amide bonds. The predicted molar refractivity (Wildman–Crippen MR) is 73.6 cm³/mol. The van der Waals surface area contributed by atoms with Crippen LogP contribution in [0.1, 0.15) is 31.6 Å². The normalized spacial score (nSPS) is 31.1. The summed E-state index contributed by atoms with van der Waals surface area (Å²) < 4.78 is 5.84. The van der Waals surface area contributed by atoms with Crippen molar-refractivity contribution in [2.24, 2.45) is 5.73 Å². The second-order valence-corrected chi connectivity index (χ2v) is 5.86. The summed E-state index contributed by atoms with van der Waals surface area (Å²) in [6, 6.07) is 9.61. The molecule has 2 bridgehead atoms. The first-order chi connectivity index (χ1) is 9.29. The van der Waals surface area contributed by atoms with Gasteiger partial charge in [-0.15, -0.1) is 0 Å². The third-order valence-electron chi connectivity index (χ3n) is 4.58. The van der Waals surface area contributed by atoms with Crippen LogP contribution in [0.4, 0.5) is 0 Å². The average Bonchev–Trinajstić information content (AvgIpc) is 2.90. The molecule has 2 saturated heterocycles. The quantitative estimate of drug-likeness (QED) is 0.896. The molecule has 2 aliphatic rings. The molecule has 1 aromatic carbocycles. The Morgan fingerprint density at radius 1 is 1.21 bits per heavy atom. The van der Waals surface area contributed by atoms with E-state index in [4.69, 9.17) is 10.2 Å². The number of hydrogen-bond acceptors (Lipinski definition) is 4. The number of aromatic nitrogens is 1. The molecule has 0 radical (unpaired) electrons. The van der Waals surface area contributed by atoms with E-state index in [0.29, 0.717) is 18.1 Å². The lowest BCUT2D eigenvalue weighted by molar-refractivity contribution is 0.109. The molecule has 2 fully saturated rings. The van der Waals surface area contributed by atoms with E-state index in [1.54, 1.807) is 0 Å². The number of fused-ring (bicyclic) bond motifs is 3. The zero-order valence-corrected chi connectivity index (χ0v) is 11.0. The SMILES string of the molecule is NC1CC2CCC(C1)N2Cc1nc2ccccc2o1. The van der Waals surface area contributed by atoms with Gasteiger partial charge in [0, 0.05) is 18.1 Å². The van der Waals surface area contributed by atoms with Gasteiger partial charge in [0.1, 0.15) is 5.52 Å². The number of hydrogen-bond donors (Lipinski definition) is 1. The standard InChI is InChI=1S/C15H19N3O/c16-10-7-11-5-6-12(8-10)18(11)9-15-17-13-3-1-2-4-14(13)19-15/h1-4,10-12H,5-9,16H2. The summed E-state index contributed by atoms with van der Waals surface area (Å²) in [4.78, 5) is 7.13. The van der Waals surface area contributed by atoms with E-state index in [1.807, 2.05) is 24.3 Å². The van der Waals surface area contributed by atoms with Gasteiger partial charge in [0.2, 0.25) is 5.89 Å². The fourth-order valence-electron chi connectivity index (χ4n) is 3.72. The number of rotatable bonds is 2. The van der Waals surface area contributed by atoms with Crippen LogP contribution in [0.5, 0.6) is 0 Å². The van der Waals surface area contributed by atoms with E-state index >= 15 is 0 Å². The van der Waals surface area contributed by atoms with E-state index < -0.39 is 0 Å². The van der Waals surface area contributed by atoms with Crippen molar-refractivity contribution in [3.63, 3.8) is 0 Å². The molecule has 0 saturated carbocycles. The molecule has 2 unspecified atom stereocenters. The van der Waals surface area contributed by atoms with Crippen molar-refractivity contribution in [3.05, 3.63) is 30.2 Å². The van der Waals surface area contributed by atoms with Gasteiger partial charge in [-0.2, -0.15) is 0 Å². The molecule has 3 heterocycles. The van der Waals surface area contributed by atoms with Crippen molar-refractivity contribution in [1.82, 2.24) is 9.88 Å². The number of nitrogens with zero attached hydrogens (tertiary/aromatic N) is 2. The molecule has 2 aromatic rings. The largest absolute Gasteiger partial charge is 0.439 e. The first kappa shape index (κ1) is 11.4. The highest BCUT2D eigenvalue weighted by Gasteiger charge is 2.39. The zero-order valence-electron chi connectivity index (χ0n) is 11.0. The molecule has 0 aliphatic carbocycles. The lowest BCUT2D eigenvalue weighted by Crippen LogP contribution is -2.46. The van der Waals surface area contributed by atoms with E-state index in [2.05, 4.69) is 9.88 Å². The number of piperidine rings is 1. The van der Waals surface area contributed by atoms with Crippen molar-refractivity contribution in [2.75, 3.05) is 0 Å². The third kappa shape index (κ3) is 1.95. The fraction of sp³-hybridized carbons (Fsp3) is 0.533. The maximum absolute atomic E-state index is 6.11. The van der Waals surface area contributed by atoms with E-state index in [1.165, 1.54) is 12.8 Å². The number of nitrogens with two attached hydrogens (primary N) is 1. The summed E-state index contributed by atoms with van der Waals surface area (Å²) in [5, 5.41) is 0. The third-order valence-corrected chi connectivity index (χ3v) is 4.58. The second-order valence-electron chi connectivity index (χ2n) is 5.86. The minimum Gasteiger partial charge on any atom is -0.439 e. The molecular weight excluding hydrogens is 238 g/mol. The average molecular weight is 257 g/mol. The van der Waals surface area contributed by atoms with Gasteiger partial charge in [0.25, 0.3) is 0 Å². The smallest absolute Gasteiger partial charge is 0.209 e. The topological polar surface area (TPSA) is 55.3 Å². The van der Waals surface area contributed by atoms with Crippen molar-refractivity contribution >= 4 is 11.1 Å². The van der Waals surface area contributed by atoms with Crippen LogP contribution in [0.3, 0.4) is 0 Å². The Morgan fingerprint density at radius 2 is 1.95 bits per heavy atom. The van der Waals surface area contributed by atoms with Gasteiger partial charge in [-0.25, -0.2) is 4.98 Å². The summed E-state index contributed by atoms with van der Waals surface area (Å²) in [6.07, 6.45) is 4.80. The Morgan fingerprint density at radius 3 is 2.68 bits per heavy atom. The number of benzene rings is 1. The van der Waals surface area contributed by atoms with Crippen molar-refractivity contribution in [3.8, 4) is 0 Å². The highest BCUT2D eigenvalue weighted by molar-refractivity contribution is 5.72. The van der Waals surface area contributed by atoms with Crippen molar-refractivity contribution in [2.45, 2.75) is 50.4 Å². The summed E-state index contributed by atoms with van der Waals surface area (Å²) in [7, 11) is 0. The first-order valence-corrected chi connectivity index (χ1v) is 7.15. The Kier molecular flexibility index (Phi) is 2.60. The van der Waals surface area contributed by atoms with E-state index in [-0.39, 0.29) is 0 Å². The zero-order chi connectivity index (χ0) is 12.8. The van der Waals surface area contributed by atoms with E-state index in [0.717, 1.165) is 36.4 Å². The molecule has 0 spiro atoms. The second kappa shape index (κ2) is 4.32. The Labute approximate surface area is 112 Å². The Balaban J connectivity index is 1.58. The molecule has 4 nitrogen and oxygen atoms in total. The van der Waals surface area contributed by atoms with Gasteiger partial charge in [0.05, 0.1) is 6.54 Å². The van der Waals surface area contributed by atoms with Crippen LogP contribution in [0.15, 0.2) is 28.7 Å². The van der Waals surface area contributed by atoms with Crippen LogP contribution in [-0.4, -0.2) is 28.0 Å². The highest BCUT2D eigenvalue weighted by Crippen LogP contribution is 2.36. The Bertz CT molecular complexity index is 547. The number of oxazole rings is 1. The molecule has 19 heavy (non-hydrogen) atoms. The molecule has 100 valence electrons. The van der Waals surface area contributed by atoms with Crippen LogP contribution in [0.25, 0.3) is 11.1 Å². The molecular formula is C15H19N3O. The van der Waals surface area contributed by atoms with Gasteiger partial charge < -0.3 is 10.2 Å². The lowest BCUT2D eigenvalue weighted by atomic mass is 9.98. The summed E-state index contributed by atoms with van der Waals surface area (Å²) in [5.74, 6) is 0.841. The van der Waals surface area contributed by atoms with Gasteiger partial charge >= 0.3 is 0 Å². The predicted octanol–water partition coefficient (Wildman–Crippen LogP) is 2.28. The highest BCUT2D eigenvalue weighted by atomic mass is 16.3. The first-order valence-electron chi connectivity index (χ1n) is 7.15. The van der Waals surface area contributed by atoms with Crippen molar-refractivity contribution < 1.29 is 4.42 Å². The minimum absolute atomic E-state index is 0.386. The van der Waals surface area contributed by atoms with E-state index in [9.17, 15) is 0 Å². The molecule has 2 atom stereocenters. The molecule has 2 aliphatic heterocycles. The monoisotopic (exact) mass is 257 g/mol. The molecule has 1 aromatic heterocycles. The van der Waals surface area contributed by atoms with Crippen LogP contribution in [0, 0.1) is 0 Å². The van der Waals surface area contributed by atoms with Crippen LogP contribution >= 0.6 is 0 Å². The van der Waals surface area contributed by atoms with Crippen LogP contribution in [0.2, 0.25) is 0 Å². The van der Waals surface area contributed by atoms with Crippen LogP contribution < -0.4 is 5.73 Å². The summed E-state index contributed by atoms with van der Waals surface area (Å²) >= 11 is 0. The summed E-state index contributed by atoms with van der Waals surface area (Å²) in [5.41, 5.74) is 7.95. The van der Waals surface area contributed by atoms with Crippen molar-refractivity contribution in [1.29, 1.82) is 0 Å². The lowest BCUT2D eigenvalue weighted by Gasteiger charge is -2.36. The van der Waals surface area contributed by atoms with Gasteiger partial charge in [-0.05, 0) is 37.8 Å². The maximum Gasteiger partial charge on any atom is 0.209 e. The minimum atomic E-state index is 0.386.